The van der Waals surface area contributed by atoms with Crippen molar-refractivity contribution >= 4 is 10.9 Å². The summed E-state index contributed by atoms with van der Waals surface area (Å²) in [6.45, 7) is 0.370. The van der Waals surface area contributed by atoms with Crippen molar-refractivity contribution in [2.24, 2.45) is 0 Å². The van der Waals surface area contributed by atoms with Crippen molar-refractivity contribution < 1.29 is 0 Å². The Bertz CT molecular complexity index is 877. The highest BCUT2D eigenvalue weighted by Crippen LogP contribution is 2.27. The lowest BCUT2D eigenvalue weighted by Crippen LogP contribution is -2.24. The number of nitrogens with zero attached hydrogens (tertiary/aromatic N) is 6. The Balaban J connectivity index is 1.68. The summed E-state index contributed by atoms with van der Waals surface area (Å²) in [5.41, 5.74) is 0.369. The second kappa shape index (κ2) is 5.91. The minimum Gasteiger partial charge on any atom is -0.306 e. The van der Waals surface area contributed by atoms with Crippen LogP contribution >= 0.6 is 0 Å². The topological polar surface area (TPSA) is 78.5 Å². The first-order chi connectivity index (χ1) is 11.3. The average molecular weight is 310 g/mol. The second-order valence-electron chi connectivity index (χ2n) is 6.02. The maximum Gasteiger partial charge on any atom is 0.277 e. The van der Waals surface area contributed by atoms with Gasteiger partial charge >= 0.3 is 0 Å². The summed E-state index contributed by atoms with van der Waals surface area (Å²) < 4.78 is 3.52. The van der Waals surface area contributed by atoms with Gasteiger partial charge < -0.3 is 4.57 Å². The van der Waals surface area contributed by atoms with E-state index in [1.807, 2.05) is 22.9 Å². The van der Waals surface area contributed by atoms with Crippen molar-refractivity contribution in [3.05, 3.63) is 46.8 Å². The van der Waals surface area contributed by atoms with Gasteiger partial charge in [-0.05, 0) is 35.4 Å². The van der Waals surface area contributed by atoms with E-state index in [9.17, 15) is 4.79 Å². The number of tetrazole rings is 1. The standard InChI is InChI=1S/C16H18N6O/c23-16-15-12(5-4-9-17-15)8-10-21(16)11-14-18-19-20-22(14)13-6-2-1-3-7-13/h4-5,8-10,13H,1-3,6-7,11H2. The van der Waals surface area contributed by atoms with Crippen LogP contribution in [0.25, 0.3) is 10.9 Å². The van der Waals surface area contributed by atoms with Gasteiger partial charge in [0, 0.05) is 17.8 Å². The fraction of sp³-hybridized carbons (Fsp3) is 0.438. The predicted molar refractivity (Wildman–Crippen MR) is 85.0 cm³/mol. The number of pyridine rings is 2. The third-order valence-corrected chi connectivity index (χ3v) is 4.53. The van der Waals surface area contributed by atoms with E-state index in [-0.39, 0.29) is 5.56 Å². The molecule has 4 rings (SSSR count). The molecule has 118 valence electrons. The molecule has 1 saturated carbocycles. The molecule has 0 amide bonds. The molecule has 3 aromatic heterocycles. The van der Waals surface area contributed by atoms with Crippen LogP contribution in [0.1, 0.15) is 44.0 Å². The summed E-state index contributed by atoms with van der Waals surface area (Å²) in [5, 5.41) is 12.9. The smallest absolute Gasteiger partial charge is 0.277 e. The third kappa shape index (κ3) is 2.62. The Morgan fingerprint density at radius 1 is 1.17 bits per heavy atom. The summed E-state index contributed by atoms with van der Waals surface area (Å²) >= 11 is 0. The molecule has 0 unspecified atom stereocenters. The average Bonchev–Trinajstić information content (AvgIpc) is 3.07. The highest BCUT2D eigenvalue weighted by atomic mass is 16.1. The van der Waals surface area contributed by atoms with Crippen LogP contribution in [0.15, 0.2) is 35.4 Å². The summed E-state index contributed by atoms with van der Waals surface area (Å²) in [7, 11) is 0. The van der Waals surface area contributed by atoms with Gasteiger partial charge in [-0.3, -0.25) is 9.78 Å². The molecule has 0 aliphatic heterocycles. The molecule has 0 atom stereocenters. The predicted octanol–water partition coefficient (Wildman–Crippen LogP) is 1.94. The highest BCUT2D eigenvalue weighted by Gasteiger charge is 2.20. The molecular weight excluding hydrogens is 292 g/mol. The van der Waals surface area contributed by atoms with Crippen LogP contribution in [-0.4, -0.2) is 29.8 Å². The summed E-state index contributed by atoms with van der Waals surface area (Å²) in [4.78, 5) is 16.8. The van der Waals surface area contributed by atoms with Crippen molar-refractivity contribution in [2.75, 3.05) is 0 Å². The molecule has 0 N–H and O–H groups in total. The number of fused-ring (bicyclic) bond motifs is 1. The molecule has 1 aliphatic rings. The molecule has 1 aliphatic carbocycles. The molecule has 0 bridgehead atoms. The molecule has 23 heavy (non-hydrogen) atoms. The SMILES string of the molecule is O=c1c2ncccc2ccn1Cc1nnnn1C1CCCCC1. The van der Waals surface area contributed by atoms with Crippen molar-refractivity contribution in [3.8, 4) is 0 Å². The van der Waals surface area contributed by atoms with Crippen molar-refractivity contribution in [1.82, 2.24) is 29.8 Å². The molecule has 7 heteroatoms. The first kappa shape index (κ1) is 14.0. The molecule has 0 aromatic carbocycles. The monoisotopic (exact) mass is 310 g/mol. The molecule has 1 fully saturated rings. The Morgan fingerprint density at radius 3 is 2.91 bits per heavy atom. The van der Waals surface area contributed by atoms with E-state index in [0.717, 1.165) is 24.1 Å². The maximum absolute atomic E-state index is 12.6. The van der Waals surface area contributed by atoms with Crippen LogP contribution in [0.3, 0.4) is 0 Å². The van der Waals surface area contributed by atoms with Crippen LogP contribution < -0.4 is 5.56 Å². The number of rotatable bonds is 3. The van der Waals surface area contributed by atoms with Crippen LogP contribution in [0.5, 0.6) is 0 Å². The van der Waals surface area contributed by atoms with Gasteiger partial charge in [0.05, 0.1) is 12.6 Å². The van der Waals surface area contributed by atoms with Crippen LogP contribution in [0.2, 0.25) is 0 Å². The second-order valence-corrected chi connectivity index (χ2v) is 6.02. The van der Waals surface area contributed by atoms with E-state index in [4.69, 9.17) is 0 Å². The van der Waals surface area contributed by atoms with Gasteiger partial charge in [0.25, 0.3) is 5.56 Å². The zero-order valence-corrected chi connectivity index (χ0v) is 12.8. The molecule has 0 spiro atoms. The summed E-state index contributed by atoms with van der Waals surface area (Å²) in [6, 6.07) is 5.97. The van der Waals surface area contributed by atoms with Gasteiger partial charge in [0.2, 0.25) is 0 Å². The molecular formula is C16H18N6O. The summed E-state index contributed by atoms with van der Waals surface area (Å²) in [6.07, 6.45) is 9.34. The molecule has 3 aromatic rings. The van der Waals surface area contributed by atoms with Gasteiger partial charge in [-0.2, -0.15) is 0 Å². The third-order valence-electron chi connectivity index (χ3n) is 4.53. The zero-order chi connectivity index (χ0) is 15.6. The Labute approximate surface area is 133 Å². The van der Waals surface area contributed by atoms with E-state index < -0.39 is 0 Å². The lowest BCUT2D eigenvalue weighted by Gasteiger charge is -2.22. The lowest BCUT2D eigenvalue weighted by molar-refractivity contribution is 0.315. The van der Waals surface area contributed by atoms with Crippen molar-refractivity contribution in [3.63, 3.8) is 0 Å². The Morgan fingerprint density at radius 2 is 2.04 bits per heavy atom. The maximum atomic E-state index is 12.6. The molecule has 3 heterocycles. The Kier molecular flexibility index (Phi) is 3.61. The number of aromatic nitrogens is 6. The Hall–Kier alpha value is -2.57. The van der Waals surface area contributed by atoms with Gasteiger partial charge in [-0.15, -0.1) is 5.10 Å². The van der Waals surface area contributed by atoms with Crippen LogP contribution in [0.4, 0.5) is 0 Å². The minimum absolute atomic E-state index is 0.110. The minimum atomic E-state index is -0.110. The van der Waals surface area contributed by atoms with Gasteiger partial charge in [0.1, 0.15) is 5.52 Å². The quantitative estimate of drug-likeness (QED) is 0.738. The van der Waals surface area contributed by atoms with Gasteiger partial charge in [-0.25, -0.2) is 4.68 Å². The molecule has 7 nitrogen and oxygen atoms in total. The van der Waals surface area contributed by atoms with Crippen LogP contribution in [-0.2, 0) is 6.54 Å². The first-order valence-corrected chi connectivity index (χ1v) is 8.04. The highest BCUT2D eigenvalue weighted by molar-refractivity contribution is 5.76. The van der Waals surface area contributed by atoms with E-state index >= 15 is 0 Å². The first-order valence-electron chi connectivity index (χ1n) is 8.04. The lowest BCUT2D eigenvalue weighted by atomic mass is 9.95. The van der Waals surface area contributed by atoms with E-state index in [0.29, 0.717) is 18.1 Å². The van der Waals surface area contributed by atoms with Gasteiger partial charge in [-0.1, -0.05) is 25.3 Å². The van der Waals surface area contributed by atoms with E-state index in [1.165, 1.54) is 19.3 Å². The van der Waals surface area contributed by atoms with Gasteiger partial charge in [0.15, 0.2) is 5.82 Å². The number of hydrogen-bond donors (Lipinski definition) is 0. The number of hydrogen-bond acceptors (Lipinski definition) is 5. The normalized spacial score (nSPS) is 16.0. The summed E-state index contributed by atoms with van der Waals surface area (Å²) in [5.74, 6) is 0.731. The van der Waals surface area contributed by atoms with Crippen LogP contribution in [0, 0.1) is 0 Å². The van der Waals surface area contributed by atoms with E-state index in [2.05, 4.69) is 20.5 Å². The molecule has 0 radical (unpaired) electrons. The zero-order valence-electron chi connectivity index (χ0n) is 12.8. The largest absolute Gasteiger partial charge is 0.306 e. The van der Waals surface area contributed by atoms with E-state index in [1.54, 1.807) is 17.0 Å². The van der Waals surface area contributed by atoms with Crippen molar-refractivity contribution in [1.29, 1.82) is 0 Å². The fourth-order valence-corrected chi connectivity index (χ4v) is 3.31. The van der Waals surface area contributed by atoms with Crippen molar-refractivity contribution in [2.45, 2.75) is 44.7 Å². The molecule has 0 saturated heterocycles. The fourth-order valence-electron chi connectivity index (χ4n) is 3.31.